The van der Waals surface area contributed by atoms with Gasteiger partial charge in [0, 0.05) is 24.6 Å². The van der Waals surface area contributed by atoms with Crippen molar-refractivity contribution in [2.75, 3.05) is 18.1 Å². The number of nitrogens with zero attached hydrogens (tertiary/aromatic N) is 2. The summed E-state index contributed by atoms with van der Waals surface area (Å²) in [7, 11) is 0. The zero-order valence-electron chi connectivity index (χ0n) is 12.7. The molecule has 2 rings (SSSR count). The van der Waals surface area contributed by atoms with E-state index >= 15 is 0 Å². The number of hydrogen-bond acceptors (Lipinski definition) is 2. The van der Waals surface area contributed by atoms with E-state index in [1.165, 1.54) is 43.5 Å². The van der Waals surface area contributed by atoms with E-state index in [0.717, 1.165) is 13.1 Å². The number of benzene rings is 1. The first kappa shape index (κ1) is 17.1. The highest BCUT2D eigenvalue weighted by atomic mass is 79.9. The maximum Gasteiger partial charge on any atom is 0.0941 e. The molecule has 1 aromatic rings. The van der Waals surface area contributed by atoms with Crippen molar-refractivity contribution in [1.29, 1.82) is 0 Å². The molecule has 112 valence electrons. The van der Waals surface area contributed by atoms with E-state index in [4.69, 9.17) is 0 Å². The van der Waals surface area contributed by atoms with Gasteiger partial charge in [0.05, 0.1) is 6.67 Å². The van der Waals surface area contributed by atoms with Crippen LogP contribution in [0.4, 0.5) is 5.69 Å². The summed E-state index contributed by atoms with van der Waals surface area (Å²) in [6.07, 6.45) is 10.9. The molecule has 1 heterocycles. The van der Waals surface area contributed by atoms with E-state index in [1.54, 1.807) is 0 Å². The molecular weight excluding hydrogens is 312 g/mol. The van der Waals surface area contributed by atoms with E-state index in [9.17, 15) is 0 Å². The first-order valence-electron chi connectivity index (χ1n) is 7.62. The highest BCUT2D eigenvalue weighted by Gasteiger charge is 2.15. The first-order chi connectivity index (χ1) is 9.35. The second-order valence-electron chi connectivity index (χ2n) is 5.26. The number of aryl methyl sites for hydroxylation is 1. The standard InChI is InChI=1S/C17H26N2.BrH/c1-3-5-6-9-12-18-13-14-19(15-18)17-11-8-7-10-16(17)4-2;/h7-8,10-11,13-14H,3-6,9,12,15H2,1-2H3;1H. The van der Waals surface area contributed by atoms with Crippen molar-refractivity contribution in [2.24, 2.45) is 0 Å². The Labute approximate surface area is 134 Å². The zero-order chi connectivity index (χ0) is 13.5. The molecule has 1 aromatic carbocycles. The quantitative estimate of drug-likeness (QED) is 0.648. The van der Waals surface area contributed by atoms with Gasteiger partial charge in [-0.3, -0.25) is 0 Å². The molecule has 0 aliphatic carbocycles. The molecule has 0 radical (unpaired) electrons. The number of anilines is 1. The number of halogens is 1. The fourth-order valence-electron chi connectivity index (χ4n) is 2.60. The number of unbranched alkanes of at least 4 members (excludes halogenated alkanes) is 3. The molecule has 20 heavy (non-hydrogen) atoms. The Kier molecular flexibility index (Phi) is 7.75. The Hall–Kier alpha value is -0.960. The van der Waals surface area contributed by atoms with Crippen LogP contribution in [-0.4, -0.2) is 18.1 Å². The molecule has 0 unspecified atom stereocenters. The molecule has 0 atom stereocenters. The van der Waals surface area contributed by atoms with Gasteiger partial charge in [0.2, 0.25) is 0 Å². The van der Waals surface area contributed by atoms with E-state index < -0.39 is 0 Å². The Bertz CT molecular complexity index is 417. The van der Waals surface area contributed by atoms with Gasteiger partial charge in [0.15, 0.2) is 0 Å². The minimum Gasteiger partial charge on any atom is -0.358 e. The first-order valence-corrected chi connectivity index (χ1v) is 7.62. The Morgan fingerprint density at radius 3 is 2.55 bits per heavy atom. The summed E-state index contributed by atoms with van der Waals surface area (Å²) in [5, 5.41) is 0. The molecule has 0 saturated heterocycles. The van der Waals surface area contributed by atoms with Crippen molar-refractivity contribution in [3.63, 3.8) is 0 Å². The third-order valence-electron chi connectivity index (χ3n) is 3.77. The van der Waals surface area contributed by atoms with E-state index in [-0.39, 0.29) is 17.0 Å². The second-order valence-corrected chi connectivity index (χ2v) is 5.26. The molecule has 1 aliphatic heterocycles. The van der Waals surface area contributed by atoms with Crippen molar-refractivity contribution >= 4 is 22.7 Å². The third kappa shape index (κ3) is 4.55. The van der Waals surface area contributed by atoms with Crippen LogP contribution >= 0.6 is 17.0 Å². The van der Waals surface area contributed by atoms with Gasteiger partial charge in [-0.2, -0.15) is 0 Å². The van der Waals surface area contributed by atoms with Gasteiger partial charge < -0.3 is 9.80 Å². The van der Waals surface area contributed by atoms with E-state index in [1.807, 2.05) is 0 Å². The third-order valence-corrected chi connectivity index (χ3v) is 3.77. The van der Waals surface area contributed by atoms with Gasteiger partial charge in [0.25, 0.3) is 0 Å². The van der Waals surface area contributed by atoms with Gasteiger partial charge in [-0.1, -0.05) is 51.3 Å². The van der Waals surface area contributed by atoms with Crippen LogP contribution in [-0.2, 0) is 6.42 Å². The number of para-hydroxylation sites is 1. The lowest BCUT2D eigenvalue weighted by atomic mass is 10.1. The normalized spacial score (nSPS) is 13.7. The van der Waals surface area contributed by atoms with Crippen molar-refractivity contribution in [1.82, 2.24) is 4.90 Å². The molecule has 0 fully saturated rings. The molecular formula is C17H27BrN2. The van der Waals surface area contributed by atoms with Gasteiger partial charge in [-0.15, -0.1) is 17.0 Å². The molecule has 0 aromatic heterocycles. The lowest BCUT2D eigenvalue weighted by Crippen LogP contribution is -2.26. The Balaban J connectivity index is 0.00000200. The van der Waals surface area contributed by atoms with Crippen LogP contribution in [0, 0.1) is 0 Å². The van der Waals surface area contributed by atoms with Crippen LogP contribution in [0.5, 0.6) is 0 Å². The van der Waals surface area contributed by atoms with Gasteiger partial charge in [0.1, 0.15) is 0 Å². The van der Waals surface area contributed by atoms with Crippen LogP contribution in [0.1, 0.15) is 45.1 Å². The Morgan fingerprint density at radius 2 is 1.80 bits per heavy atom. The highest BCUT2D eigenvalue weighted by molar-refractivity contribution is 8.93. The SMILES string of the molecule is Br.CCCCCCN1C=CN(c2ccccc2CC)C1. The maximum absolute atomic E-state index is 2.42. The lowest BCUT2D eigenvalue weighted by Gasteiger charge is -2.23. The fourth-order valence-corrected chi connectivity index (χ4v) is 2.60. The summed E-state index contributed by atoms with van der Waals surface area (Å²) >= 11 is 0. The minimum absolute atomic E-state index is 0. The van der Waals surface area contributed by atoms with Crippen molar-refractivity contribution in [3.05, 3.63) is 42.2 Å². The van der Waals surface area contributed by atoms with Crippen LogP contribution in [0.25, 0.3) is 0 Å². The van der Waals surface area contributed by atoms with Crippen molar-refractivity contribution in [3.8, 4) is 0 Å². The molecule has 2 nitrogen and oxygen atoms in total. The van der Waals surface area contributed by atoms with E-state index in [2.05, 4.69) is 60.3 Å². The smallest absolute Gasteiger partial charge is 0.0941 e. The summed E-state index contributed by atoms with van der Waals surface area (Å²) in [5.74, 6) is 0. The summed E-state index contributed by atoms with van der Waals surface area (Å²) in [6, 6.07) is 8.72. The minimum atomic E-state index is 0. The lowest BCUT2D eigenvalue weighted by molar-refractivity contribution is 0.389. The molecule has 0 amide bonds. The number of rotatable bonds is 7. The van der Waals surface area contributed by atoms with Crippen molar-refractivity contribution < 1.29 is 0 Å². The van der Waals surface area contributed by atoms with Gasteiger partial charge in [-0.05, 0) is 24.5 Å². The average molecular weight is 339 g/mol. The second kappa shape index (κ2) is 9.06. The van der Waals surface area contributed by atoms with Crippen LogP contribution in [0.3, 0.4) is 0 Å². The average Bonchev–Trinajstić information content (AvgIpc) is 2.92. The van der Waals surface area contributed by atoms with Crippen molar-refractivity contribution in [2.45, 2.75) is 46.0 Å². The van der Waals surface area contributed by atoms with E-state index in [0.29, 0.717) is 0 Å². The summed E-state index contributed by atoms with van der Waals surface area (Å²) in [6.45, 7) is 6.67. The fraction of sp³-hybridized carbons (Fsp3) is 0.529. The maximum atomic E-state index is 2.42. The summed E-state index contributed by atoms with van der Waals surface area (Å²) in [5.41, 5.74) is 2.79. The monoisotopic (exact) mass is 338 g/mol. The van der Waals surface area contributed by atoms with Crippen LogP contribution in [0.2, 0.25) is 0 Å². The number of hydrogen-bond donors (Lipinski definition) is 0. The Morgan fingerprint density at radius 1 is 1.00 bits per heavy atom. The van der Waals surface area contributed by atoms with Gasteiger partial charge >= 0.3 is 0 Å². The predicted octanol–water partition coefficient (Wildman–Crippen LogP) is 4.96. The van der Waals surface area contributed by atoms with Crippen LogP contribution in [0.15, 0.2) is 36.7 Å². The molecule has 0 saturated carbocycles. The molecule has 0 spiro atoms. The molecule has 0 N–H and O–H groups in total. The molecule has 1 aliphatic rings. The highest BCUT2D eigenvalue weighted by Crippen LogP contribution is 2.24. The summed E-state index contributed by atoms with van der Waals surface area (Å²) in [4.78, 5) is 4.78. The summed E-state index contributed by atoms with van der Waals surface area (Å²) < 4.78 is 0. The molecule has 0 bridgehead atoms. The zero-order valence-corrected chi connectivity index (χ0v) is 14.4. The van der Waals surface area contributed by atoms with Crippen LogP contribution < -0.4 is 4.90 Å². The molecule has 3 heteroatoms. The topological polar surface area (TPSA) is 6.48 Å². The predicted molar refractivity (Wildman–Crippen MR) is 93.5 cm³/mol. The van der Waals surface area contributed by atoms with Gasteiger partial charge in [-0.25, -0.2) is 0 Å². The largest absolute Gasteiger partial charge is 0.358 e.